The molecule has 0 aliphatic rings. The van der Waals surface area contributed by atoms with E-state index < -0.39 is 5.60 Å². The van der Waals surface area contributed by atoms with Crippen molar-refractivity contribution in [3.05, 3.63) is 29.8 Å². The SMILES string of the molecule is COc1ccc([C@H](C)NCC(=O)OC(C)(C)C)cc1. The van der Waals surface area contributed by atoms with Crippen LogP contribution in [0.4, 0.5) is 0 Å². The summed E-state index contributed by atoms with van der Waals surface area (Å²) in [5.41, 5.74) is 0.659. The van der Waals surface area contributed by atoms with Gasteiger partial charge in [-0.2, -0.15) is 0 Å². The van der Waals surface area contributed by atoms with Gasteiger partial charge < -0.3 is 14.8 Å². The van der Waals surface area contributed by atoms with Crippen LogP contribution in [0.25, 0.3) is 0 Å². The Kier molecular flexibility index (Phi) is 5.36. The van der Waals surface area contributed by atoms with Gasteiger partial charge in [0.05, 0.1) is 13.7 Å². The zero-order chi connectivity index (χ0) is 14.5. The van der Waals surface area contributed by atoms with Gasteiger partial charge in [0.25, 0.3) is 0 Å². The molecule has 1 N–H and O–H groups in total. The molecule has 0 fully saturated rings. The van der Waals surface area contributed by atoms with E-state index in [4.69, 9.17) is 9.47 Å². The molecule has 0 radical (unpaired) electrons. The van der Waals surface area contributed by atoms with Crippen LogP contribution in [0, 0.1) is 0 Å². The van der Waals surface area contributed by atoms with E-state index in [0.29, 0.717) is 0 Å². The van der Waals surface area contributed by atoms with E-state index >= 15 is 0 Å². The molecule has 1 aromatic carbocycles. The van der Waals surface area contributed by atoms with Crippen LogP contribution in [0.15, 0.2) is 24.3 Å². The number of esters is 1. The molecule has 1 aromatic rings. The number of hydrogen-bond donors (Lipinski definition) is 1. The maximum atomic E-state index is 11.6. The minimum absolute atomic E-state index is 0.0819. The van der Waals surface area contributed by atoms with Crippen molar-refractivity contribution in [3.63, 3.8) is 0 Å². The Bertz CT molecular complexity index is 406. The fourth-order valence-corrected chi connectivity index (χ4v) is 1.62. The highest BCUT2D eigenvalue weighted by Gasteiger charge is 2.16. The van der Waals surface area contributed by atoms with Crippen LogP contribution in [0.2, 0.25) is 0 Å². The predicted molar refractivity (Wildman–Crippen MR) is 75.3 cm³/mol. The van der Waals surface area contributed by atoms with E-state index in [0.717, 1.165) is 11.3 Å². The molecule has 0 saturated carbocycles. The zero-order valence-corrected chi connectivity index (χ0v) is 12.3. The quantitative estimate of drug-likeness (QED) is 0.832. The van der Waals surface area contributed by atoms with Crippen molar-refractivity contribution in [2.24, 2.45) is 0 Å². The van der Waals surface area contributed by atoms with Crippen LogP contribution in [0.5, 0.6) is 5.75 Å². The summed E-state index contributed by atoms with van der Waals surface area (Å²) in [7, 11) is 1.64. The third-order valence-corrected chi connectivity index (χ3v) is 2.59. The van der Waals surface area contributed by atoms with Gasteiger partial charge in [-0.1, -0.05) is 12.1 Å². The summed E-state index contributed by atoms with van der Waals surface area (Å²) >= 11 is 0. The molecule has 0 heterocycles. The lowest BCUT2D eigenvalue weighted by molar-refractivity contribution is -0.153. The molecule has 1 rings (SSSR count). The minimum atomic E-state index is -0.442. The highest BCUT2D eigenvalue weighted by atomic mass is 16.6. The highest BCUT2D eigenvalue weighted by molar-refractivity contribution is 5.72. The van der Waals surface area contributed by atoms with Crippen molar-refractivity contribution >= 4 is 5.97 Å². The number of benzene rings is 1. The topological polar surface area (TPSA) is 47.6 Å². The van der Waals surface area contributed by atoms with Crippen LogP contribution in [-0.2, 0) is 9.53 Å². The highest BCUT2D eigenvalue weighted by Crippen LogP contribution is 2.17. The average Bonchev–Trinajstić information content (AvgIpc) is 2.34. The Morgan fingerprint density at radius 1 is 1.26 bits per heavy atom. The molecule has 0 bridgehead atoms. The minimum Gasteiger partial charge on any atom is -0.497 e. The molecule has 1 atom stereocenters. The zero-order valence-electron chi connectivity index (χ0n) is 12.3. The van der Waals surface area contributed by atoms with Crippen LogP contribution in [0.1, 0.15) is 39.3 Å². The molecule has 0 saturated heterocycles. The van der Waals surface area contributed by atoms with Gasteiger partial charge in [0.1, 0.15) is 11.4 Å². The number of nitrogens with one attached hydrogen (secondary N) is 1. The molecular weight excluding hydrogens is 242 g/mol. The first-order valence-corrected chi connectivity index (χ1v) is 6.41. The third kappa shape index (κ3) is 5.75. The second-order valence-corrected chi connectivity index (χ2v) is 5.46. The Hall–Kier alpha value is -1.55. The lowest BCUT2D eigenvalue weighted by Crippen LogP contribution is -2.32. The lowest BCUT2D eigenvalue weighted by Gasteiger charge is -2.21. The van der Waals surface area contributed by atoms with Crippen molar-refractivity contribution in [2.45, 2.75) is 39.3 Å². The predicted octanol–water partition coefficient (Wildman–Crippen LogP) is 2.69. The molecule has 0 spiro atoms. The van der Waals surface area contributed by atoms with E-state index in [-0.39, 0.29) is 18.6 Å². The first-order valence-electron chi connectivity index (χ1n) is 6.41. The van der Waals surface area contributed by atoms with Gasteiger partial charge in [0.2, 0.25) is 0 Å². The number of rotatable bonds is 5. The molecular formula is C15H23NO3. The molecule has 0 aliphatic carbocycles. The first-order chi connectivity index (χ1) is 8.81. The summed E-state index contributed by atoms with van der Waals surface area (Å²) in [5, 5.41) is 3.14. The number of carbonyl (C=O) groups is 1. The van der Waals surface area contributed by atoms with E-state index in [2.05, 4.69) is 5.32 Å². The maximum absolute atomic E-state index is 11.6. The molecule has 4 heteroatoms. The first kappa shape index (κ1) is 15.5. The molecule has 19 heavy (non-hydrogen) atoms. The summed E-state index contributed by atoms with van der Waals surface area (Å²) < 4.78 is 10.3. The van der Waals surface area contributed by atoms with Crippen molar-refractivity contribution in [3.8, 4) is 5.75 Å². The molecule has 106 valence electrons. The number of ether oxygens (including phenoxy) is 2. The van der Waals surface area contributed by atoms with Gasteiger partial charge in [0, 0.05) is 6.04 Å². The van der Waals surface area contributed by atoms with Crippen LogP contribution in [0.3, 0.4) is 0 Å². The molecule has 0 aromatic heterocycles. The normalized spacial score (nSPS) is 12.9. The Labute approximate surface area is 115 Å². The Morgan fingerprint density at radius 3 is 2.32 bits per heavy atom. The Balaban J connectivity index is 2.46. The van der Waals surface area contributed by atoms with E-state index in [1.54, 1.807) is 7.11 Å². The largest absolute Gasteiger partial charge is 0.497 e. The summed E-state index contributed by atoms with van der Waals surface area (Å²) in [5.74, 6) is 0.580. The van der Waals surface area contributed by atoms with Crippen molar-refractivity contribution in [1.82, 2.24) is 5.32 Å². The van der Waals surface area contributed by atoms with Crippen molar-refractivity contribution in [2.75, 3.05) is 13.7 Å². The van der Waals surface area contributed by atoms with Crippen LogP contribution < -0.4 is 10.1 Å². The molecule has 0 unspecified atom stereocenters. The maximum Gasteiger partial charge on any atom is 0.320 e. The van der Waals surface area contributed by atoms with Crippen molar-refractivity contribution < 1.29 is 14.3 Å². The van der Waals surface area contributed by atoms with Crippen molar-refractivity contribution in [1.29, 1.82) is 0 Å². The van der Waals surface area contributed by atoms with Gasteiger partial charge in [-0.3, -0.25) is 4.79 Å². The van der Waals surface area contributed by atoms with Crippen LogP contribution >= 0.6 is 0 Å². The summed E-state index contributed by atoms with van der Waals surface area (Å²) in [6.07, 6.45) is 0. The number of methoxy groups -OCH3 is 1. The molecule has 0 amide bonds. The summed E-state index contributed by atoms with van der Waals surface area (Å²) in [6, 6.07) is 7.84. The average molecular weight is 265 g/mol. The smallest absolute Gasteiger partial charge is 0.320 e. The van der Waals surface area contributed by atoms with E-state index in [9.17, 15) is 4.79 Å². The molecule has 4 nitrogen and oxygen atoms in total. The third-order valence-electron chi connectivity index (χ3n) is 2.59. The van der Waals surface area contributed by atoms with Gasteiger partial charge in [-0.05, 0) is 45.4 Å². The summed E-state index contributed by atoms with van der Waals surface area (Å²) in [6.45, 7) is 7.78. The monoisotopic (exact) mass is 265 g/mol. The van der Waals surface area contributed by atoms with Gasteiger partial charge >= 0.3 is 5.97 Å². The fraction of sp³-hybridized carbons (Fsp3) is 0.533. The lowest BCUT2D eigenvalue weighted by atomic mass is 10.1. The molecule has 0 aliphatic heterocycles. The number of hydrogen-bond acceptors (Lipinski definition) is 4. The second kappa shape index (κ2) is 6.57. The van der Waals surface area contributed by atoms with E-state index in [1.807, 2.05) is 52.0 Å². The van der Waals surface area contributed by atoms with E-state index in [1.165, 1.54) is 0 Å². The Morgan fingerprint density at radius 2 is 1.84 bits per heavy atom. The van der Waals surface area contributed by atoms with Gasteiger partial charge in [-0.25, -0.2) is 0 Å². The van der Waals surface area contributed by atoms with Gasteiger partial charge in [0.15, 0.2) is 0 Å². The number of carbonyl (C=O) groups excluding carboxylic acids is 1. The van der Waals surface area contributed by atoms with Crippen LogP contribution in [-0.4, -0.2) is 25.2 Å². The fourth-order valence-electron chi connectivity index (χ4n) is 1.62. The van der Waals surface area contributed by atoms with Gasteiger partial charge in [-0.15, -0.1) is 0 Å². The second-order valence-electron chi connectivity index (χ2n) is 5.46. The standard InChI is InChI=1S/C15H23NO3/c1-11(12-6-8-13(18-5)9-7-12)16-10-14(17)19-15(2,3)4/h6-9,11,16H,10H2,1-5H3/t11-/m0/s1. The summed E-state index contributed by atoms with van der Waals surface area (Å²) in [4.78, 5) is 11.6.